The Morgan fingerprint density at radius 2 is 2.25 bits per heavy atom. The predicted octanol–water partition coefficient (Wildman–Crippen LogP) is -0.0875. The summed E-state index contributed by atoms with van der Waals surface area (Å²) >= 11 is 0. The molecule has 0 aromatic rings. The highest BCUT2D eigenvalue weighted by molar-refractivity contribution is 7.86. The quantitative estimate of drug-likeness (QED) is 0.483. The van der Waals surface area contributed by atoms with E-state index in [9.17, 15) is 13.2 Å². The molecular formula is C6H11NO4S. The van der Waals surface area contributed by atoms with E-state index in [1.165, 1.54) is 6.92 Å². The maximum Gasteiger partial charge on any atom is 0.286 e. The van der Waals surface area contributed by atoms with Crippen LogP contribution in [0.1, 0.15) is 13.3 Å². The van der Waals surface area contributed by atoms with Crippen LogP contribution in [0.2, 0.25) is 0 Å². The molecule has 0 aliphatic rings. The highest BCUT2D eigenvalue weighted by atomic mass is 32.2. The predicted molar refractivity (Wildman–Crippen MR) is 44.0 cm³/mol. The lowest BCUT2D eigenvalue weighted by molar-refractivity contribution is -0.116. The topological polar surface area (TPSA) is 83.5 Å². The molecule has 0 fully saturated rings. The molecule has 1 amide bonds. The second-order valence-electron chi connectivity index (χ2n) is 2.12. The van der Waals surface area contributed by atoms with Crippen molar-refractivity contribution in [3.63, 3.8) is 0 Å². The van der Waals surface area contributed by atoms with Gasteiger partial charge in [-0.1, -0.05) is 13.5 Å². The molecule has 0 saturated heterocycles. The van der Waals surface area contributed by atoms with Crippen molar-refractivity contribution in [2.24, 2.45) is 0 Å². The first-order chi connectivity index (χ1) is 5.41. The molecule has 0 aromatic heterocycles. The number of rotatable bonds is 4. The lowest BCUT2D eigenvalue weighted by Crippen LogP contribution is -2.39. The normalized spacial score (nSPS) is 13.5. The van der Waals surface area contributed by atoms with Crippen molar-refractivity contribution < 1.29 is 17.8 Å². The molecular weight excluding hydrogens is 182 g/mol. The van der Waals surface area contributed by atoms with E-state index < -0.39 is 21.4 Å². The van der Waals surface area contributed by atoms with Gasteiger partial charge in [-0.25, -0.2) is 0 Å². The summed E-state index contributed by atoms with van der Waals surface area (Å²) in [6.07, 6.45) is 1.05. The second-order valence-corrected chi connectivity index (χ2v) is 3.72. The van der Waals surface area contributed by atoms with Gasteiger partial charge in [0.1, 0.15) is 0 Å². The molecule has 2 N–H and O–H groups in total. The summed E-state index contributed by atoms with van der Waals surface area (Å²) in [4.78, 5) is 10.6. The molecule has 6 heteroatoms. The van der Waals surface area contributed by atoms with E-state index >= 15 is 0 Å². The van der Waals surface area contributed by atoms with Crippen LogP contribution in [-0.4, -0.2) is 24.3 Å². The van der Waals surface area contributed by atoms with Crippen LogP contribution < -0.4 is 5.32 Å². The molecule has 70 valence electrons. The largest absolute Gasteiger partial charge is 0.334 e. The van der Waals surface area contributed by atoms with Crippen LogP contribution in [-0.2, 0) is 14.9 Å². The molecule has 0 bridgehead atoms. The minimum absolute atomic E-state index is 0.110. The van der Waals surface area contributed by atoms with Gasteiger partial charge in [0.25, 0.3) is 10.1 Å². The van der Waals surface area contributed by atoms with Crippen molar-refractivity contribution in [3.8, 4) is 0 Å². The van der Waals surface area contributed by atoms with Crippen molar-refractivity contribution in [2.45, 2.75) is 18.7 Å². The van der Waals surface area contributed by atoms with E-state index in [1.807, 2.05) is 0 Å². The number of carbonyl (C=O) groups is 1. The third kappa shape index (κ3) is 3.49. The van der Waals surface area contributed by atoms with Gasteiger partial charge in [0.05, 0.1) is 0 Å². The Morgan fingerprint density at radius 1 is 1.75 bits per heavy atom. The molecule has 0 spiro atoms. The number of hydrogen-bond donors (Lipinski definition) is 2. The first kappa shape index (κ1) is 11.1. The summed E-state index contributed by atoms with van der Waals surface area (Å²) in [5, 5.41) is 0.814. The van der Waals surface area contributed by atoms with Gasteiger partial charge in [-0.3, -0.25) is 9.35 Å². The Bertz CT molecular complexity index is 269. The molecule has 0 aromatic carbocycles. The third-order valence-electron chi connectivity index (χ3n) is 1.22. The summed E-state index contributed by atoms with van der Waals surface area (Å²) in [5.41, 5.74) is 0. The van der Waals surface area contributed by atoms with Crippen molar-refractivity contribution in [1.82, 2.24) is 5.32 Å². The molecule has 0 unspecified atom stereocenters. The molecule has 0 aliphatic carbocycles. The average Bonchev–Trinajstić information content (AvgIpc) is 1.97. The van der Waals surface area contributed by atoms with Crippen LogP contribution in [0.4, 0.5) is 0 Å². The molecule has 5 nitrogen and oxygen atoms in total. The first-order valence-electron chi connectivity index (χ1n) is 3.31. The zero-order valence-electron chi connectivity index (χ0n) is 6.65. The van der Waals surface area contributed by atoms with Crippen molar-refractivity contribution >= 4 is 16.0 Å². The smallest absolute Gasteiger partial charge is 0.286 e. The van der Waals surface area contributed by atoms with Crippen molar-refractivity contribution in [2.75, 3.05) is 0 Å². The molecule has 0 saturated carbocycles. The van der Waals surface area contributed by atoms with E-state index in [0.29, 0.717) is 0 Å². The maximum absolute atomic E-state index is 10.6. The fourth-order valence-electron chi connectivity index (χ4n) is 0.605. The van der Waals surface area contributed by atoms with E-state index in [-0.39, 0.29) is 6.42 Å². The second kappa shape index (κ2) is 4.22. The standard InChI is InChI=1S/C6H11NO4S/c1-3-5(8)7-6(4-2)12(9,10)11/h3,6H,1,4H2,2H3,(H,7,8)(H,9,10,11)/t6-/m0/s1. The molecule has 0 aliphatic heterocycles. The van der Waals surface area contributed by atoms with Crippen LogP contribution in [0, 0.1) is 0 Å². The molecule has 1 atom stereocenters. The monoisotopic (exact) mass is 193 g/mol. The Labute approximate surface area is 71.2 Å². The first-order valence-corrected chi connectivity index (χ1v) is 4.81. The van der Waals surface area contributed by atoms with Gasteiger partial charge in [0, 0.05) is 0 Å². The Balaban J connectivity index is 4.40. The SMILES string of the molecule is C=CC(=O)N[C@H](CC)S(=O)(=O)O. The van der Waals surface area contributed by atoms with Crippen LogP contribution >= 0.6 is 0 Å². The van der Waals surface area contributed by atoms with E-state index in [1.54, 1.807) is 0 Å². The lowest BCUT2D eigenvalue weighted by Gasteiger charge is -2.11. The van der Waals surface area contributed by atoms with Crippen LogP contribution in [0.15, 0.2) is 12.7 Å². The molecule has 0 radical (unpaired) electrons. The highest BCUT2D eigenvalue weighted by Crippen LogP contribution is 1.99. The number of carbonyl (C=O) groups excluding carboxylic acids is 1. The van der Waals surface area contributed by atoms with Gasteiger partial charge in [-0.05, 0) is 12.5 Å². The lowest BCUT2D eigenvalue weighted by atomic mass is 10.4. The molecule has 12 heavy (non-hydrogen) atoms. The van der Waals surface area contributed by atoms with E-state index in [4.69, 9.17) is 4.55 Å². The summed E-state index contributed by atoms with van der Waals surface area (Å²) in [5.74, 6) is -0.625. The highest BCUT2D eigenvalue weighted by Gasteiger charge is 2.21. The Hall–Kier alpha value is -0.880. The van der Waals surface area contributed by atoms with Gasteiger partial charge in [0.2, 0.25) is 5.91 Å². The van der Waals surface area contributed by atoms with Crippen LogP contribution in [0.25, 0.3) is 0 Å². The van der Waals surface area contributed by atoms with Gasteiger partial charge < -0.3 is 5.32 Å². The van der Waals surface area contributed by atoms with Gasteiger partial charge in [0.15, 0.2) is 5.37 Å². The molecule has 0 heterocycles. The number of nitrogens with one attached hydrogen (secondary N) is 1. The maximum atomic E-state index is 10.6. The van der Waals surface area contributed by atoms with E-state index in [2.05, 4.69) is 11.9 Å². The van der Waals surface area contributed by atoms with Crippen LogP contribution in [0.3, 0.4) is 0 Å². The minimum Gasteiger partial charge on any atom is -0.334 e. The third-order valence-corrected chi connectivity index (χ3v) is 2.39. The van der Waals surface area contributed by atoms with E-state index in [0.717, 1.165) is 6.08 Å². The van der Waals surface area contributed by atoms with Gasteiger partial charge in [-0.2, -0.15) is 8.42 Å². The van der Waals surface area contributed by atoms with Crippen molar-refractivity contribution in [3.05, 3.63) is 12.7 Å². The summed E-state index contributed by atoms with van der Waals surface area (Å²) in [6.45, 7) is 4.67. The van der Waals surface area contributed by atoms with Gasteiger partial charge >= 0.3 is 0 Å². The number of hydrogen-bond acceptors (Lipinski definition) is 3. The zero-order valence-corrected chi connectivity index (χ0v) is 7.47. The Morgan fingerprint density at radius 3 is 2.50 bits per heavy atom. The minimum atomic E-state index is -4.20. The average molecular weight is 193 g/mol. The van der Waals surface area contributed by atoms with Gasteiger partial charge in [-0.15, -0.1) is 0 Å². The Kier molecular flexibility index (Phi) is 3.91. The van der Waals surface area contributed by atoms with Crippen molar-refractivity contribution in [1.29, 1.82) is 0 Å². The van der Waals surface area contributed by atoms with Crippen LogP contribution in [0.5, 0.6) is 0 Å². The zero-order chi connectivity index (χ0) is 9.78. The fraction of sp³-hybridized carbons (Fsp3) is 0.500. The summed E-state index contributed by atoms with van der Waals surface area (Å²) in [7, 11) is -4.20. The fourth-order valence-corrected chi connectivity index (χ4v) is 1.29. The summed E-state index contributed by atoms with van der Waals surface area (Å²) in [6, 6.07) is 0. The summed E-state index contributed by atoms with van der Waals surface area (Å²) < 4.78 is 29.6. The molecule has 0 rings (SSSR count). The number of amides is 1.